The van der Waals surface area contributed by atoms with Crippen LogP contribution in [0.3, 0.4) is 0 Å². The van der Waals surface area contributed by atoms with Gasteiger partial charge in [-0.05, 0) is 30.7 Å². The van der Waals surface area contributed by atoms with E-state index < -0.39 is 35.6 Å². The third kappa shape index (κ3) is 7.47. The summed E-state index contributed by atoms with van der Waals surface area (Å²) in [6, 6.07) is 7.20. The minimum atomic E-state index is -4.48. The molecule has 13 heteroatoms. The lowest BCUT2D eigenvalue weighted by atomic mass is 10.0. The highest BCUT2D eigenvalue weighted by Gasteiger charge is 2.34. The average Bonchev–Trinajstić information content (AvgIpc) is 3.42. The number of pyridine rings is 1. The Kier molecular flexibility index (Phi) is 9.18. The normalized spacial score (nSPS) is 13.2. The van der Waals surface area contributed by atoms with Crippen molar-refractivity contribution in [3.63, 3.8) is 0 Å². The lowest BCUT2D eigenvalue weighted by Gasteiger charge is -2.35. The number of nitrogens with one attached hydrogen (secondary N) is 2. The first-order chi connectivity index (χ1) is 17.6. The second-order valence-corrected chi connectivity index (χ2v) is 8.98. The molecule has 3 amide bonds. The third-order valence-electron chi connectivity index (χ3n) is 5.45. The van der Waals surface area contributed by atoms with E-state index in [0.29, 0.717) is 16.0 Å². The van der Waals surface area contributed by atoms with Crippen LogP contribution in [0.25, 0.3) is 0 Å². The summed E-state index contributed by atoms with van der Waals surface area (Å²) in [6.07, 6.45) is -0.828. The summed E-state index contributed by atoms with van der Waals surface area (Å²) in [5, 5.41) is 5.63. The lowest BCUT2D eigenvalue weighted by molar-refractivity contribution is -0.137. The van der Waals surface area contributed by atoms with Gasteiger partial charge in [0.2, 0.25) is 0 Å². The maximum Gasteiger partial charge on any atom is 0.416 e. The van der Waals surface area contributed by atoms with Gasteiger partial charge in [0, 0.05) is 38.7 Å². The van der Waals surface area contributed by atoms with Gasteiger partial charge in [-0.1, -0.05) is 18.2 Å². The highest BCUT2D eigenvalue weighted by atomic mass is 32.1. The van der Waals surface area contributed by atoms with Crippen molar-refractivity contribution in [3.05, 3.63) is 82.1 Å². The van der Waals surface area contributed by atoms with E-state index in [1.54, 1.807) is 25.3 Å². The largest absolute Gasteiger partial charge is 0.416 e. The number of benzene rings is 1. The SMILES string of the molecule is COC(CN(Cc1ccc(C(F)(F)F)cc1)C(=O)NC(C)(NC(=O)c1cncs1)c1cccnc1)OC. The highest BCUT2D eigenvalue weighted by Crippen LogP contribution is 2.29. The second kappa shape index (κ2) is 12.1. The Labute approximate surface area is 215 Å². The van der Waals surface area contributed by atoms with Crippen molar-refractivity contribution in [2.75, 3.05) is 20.8 Å². The van der Waals surface area contributed by atoms with Crippen LogP contribution in [0.5, 0.6) is 0 Å². The number of methoxy groups -OCH3 is 2. The third-order valence-corrected chi connectivity index (χ3v) is 6.22. The van der Waals surface area contributed by atoms with Gasteiger partial charge in [0.1, 0.15) is 10.5 Å². The number of alkyl halides is 3. The molecule has 0 aliphatic carbocycles. The molecule has 0 fully saturated rings. The molecule has 0 spiro atoms. The van der Waals surface area contributed by atoms with Crippen LogP contribution in [-0.2, 0) is 27.9 Å². The molecule has 0 aliphatic heterocycles. The van der Waals surface area contributed by atoms with Crippen molar-refractivity contribution >= 4 is 23.3 Å². The van der Waals surface area contributed by atoms with Crippen molar-refractivity contribution in [1.82, 2.24) is 25.5 Å². The molecule has 37 heavy (non-hydrogen) atoms. The van der Waals surface area contributed by atoms with Crippen LogP contribution in [0.1, 0.15) is 33.3 Å². The number of thiazole rings is 1. The van der Waals surface area contributed by atoms with E-state index in [1.807, 2.05) is 0 Å². The Hall–Kier alpha value is -3.55. The molecule has 9 nitrogen and oxygen atoms in total. The molecule has 1 aromatic carbocycles. The summed E-state index contributed by atoms with van der Waals surface area (Å²) in [4.78, 5) is 36.0. The molecule has 1 atom stereocenters. The molecule has 0 bridgehead atoms. The summed E-state index contributed by atoms with van der Waals surface area (Å²) in [6.45, 7) is 1.49. The summed E-state index contributed by atoms with van der Waals surface area (Å²) < 4.78 is 49.4. The first kappa shape index (κ1) is 28.0. The monoisotopic (exact) mass is 537 g/mol. The van der Waals surface area contributed by atoms with Crippen LogP contribution in [-0.4, -0.2) is 53.9 Å². The predicted octanol–water partition coefficient (Wildman–Crippen LogP) is 3.99. The average molecular weight is 538 g/mol. The fourth-order valence-corrected chi connectivity index (χ4v) is 3.92. The topological polar surface area (TPSA) is 106 Å². The molecule has 0 saturated carbocycles. The standard InChI is InChI=1S/C24H26F3N5O4S/c1-23(18-5-4-10-28-11-18,30-21(33)19-12-29-15-37-19)31-22(34)32(14-20(35-2)36-3)13-16-6-8-17(9-7-16)24(25,26)27/h4-12,15,20H,13-14H2,1-3H3,(H,30,33)(H,31,34). The molecule has 1 unspecified atom stereocenters. The van der Waals surface area contributed by atoms with E-state index in [4.69, 9.17) is 9.47 Å². The van der Waals surface area contributed by atoms with Crippen molar-refractivity contribution in [1.29, 1.82) is 0 Å². The zero-order valence-corrected chi connectivity index (χ0v) is 21.1. The highest BCUT2D eigenvalue weighted by molar-refractivity contribution is 7.11. The van der Waals surface area contributed by atoms with Gasteiger partial charge in [0.05, 0.1) is 23.8 Å². The van der Waals surface area contributed by atoms with E-state index in [2.05, 4.69) is 20.6 Å². The maximum atomic E-state index is 13.5. The Morgan fingerprint density at radius 3 is 2.27 bits per heavy atom. The molecule has 2 N–H and O–H groups in total. The number of carbonyl (C=O) groups is 2. The van der Waals surface area contributed by atoms with Crippen molar-refractivity contribution in [3.8, 4) is 0 Å². The Morgan fingerprint density at radius 1 is 1.03 bits per heavy atom. The number of rotatable bonds is 10. The van der Waals surface area contributed by atoms with Crippen molar-refractivity contribution < 1.29 is 32.2 Å². The Balaban J connectivity index is 1.88. The number of aromatic nitrogens is 2. The van der Waals surface area contributed by atoms with Crippen LogP contribution in [0.4, 0.5) is 18.0 Å². The predicted molar refractivity (Wildman–Crippen MR) is 129 cm³/mol. The van der Waals surface area contributed by atoms with E-state index in [1.165, 1.54) is 49.2 Å². The van der Waals surface area contributed by atoms with E-state index >= 15 is 0 Å². The number of hydrogen-bond acceptors (Lipinski definition) is 7. The quantitative estimate of drug-likeness (QED) is 0.379. The molecule has 0 radical (unpaired) electrons. The summed E-state index contributed by atoms with van der Waals surface area (Å²) >= 11 is 1.14. The number of ether oxygens (including phenoxy) is 2. The smallest absolute Gasteiger partial charge is 0.354 e. The van der Waals surface area contributed by atoms with Gasteiger partial charge < -0.3 is 25.0 Å². The number of urea groups is 1. The summed E-state index contributed by atoms with van der Waals surface area (Å²) in [7, 11) is 2.80. The molecule has 0 aliphatic rings. The maximum absolute atomic E-state index is 13.5. The first-order valence-electron chi connectivity index (χ1n) is 11.0. The van der Waals surface area contributed by atoms with Gasteiger partial charge in [0.25, 0.3) is 5.91 Å². The first-order valence-corrected chi connectivity index (χ1v) is 11.8. The van der Waals surface area contributed by atoms with E-state index in [0.717, 1.165) is 23.5 Å². The van der Waals surface area contributed by atoms with Gasteiger partial charge in [-0.15, -0.1) is 11.3 Å². The van der Waals surface area contributed by atoms with Crippen molar-refractivity contribution in [2.24, 2.45) is 0 Å². The second-order valence-electron chi connectivity index (χ2n) is 8.09. The van der Waals surface area contributed by atoms with E-state index in [9.17, 15) is 22.8 Å². The summed E-state index contributed by atoms with van der Waals surface area (Å²) in [5.74, 6) is -0.463. The van der Waals surface area contributed by atoms with Gasteiger partial charge >= 0.3 is 12.2 Å². The zero-order chi connectivity index (χ0) is 27.1. The van der Waals surface area contributed by atoms with Crippen LogP contribution in [0.2, 0.25) is 0 Å². The number of amides is 3. The van der Waals surface area contributed by atoms with Crippen molar-refractivity contribution in [2.45, 2.75) is 31.6 Å². The summed E-state index contributed by atoms with van der Waals surface area (Å²) in [5.41, 5.74) is 0.252. The number of hydrogen-bond donors (Lipinski definition) is 2. The molecule has 3 aromatic rings. The van der Waals surface area contributed by atoms with Crippen LogP contribution in [0, 0.1) is 0 Å². The van der Waals surface area contributed by atoms with Gasteiger partial charge in [-0.25, -0.2) is 4.79 Å². The van der Waals surface area contributed by atoms with Crippen LogP contribution < -0.4 is 10.6 Å². The fourth-order valence-electron chi connectivity index (χ4n) is 3.41. The Morgan fingerprint density at radius 2 is 1.73 bits per heavy atom. The molecule has 198 valence electrons. The fraction of sp³-hybridized carbons (Fsp3) is 0.333. The molecule has 2 heterocycles. The zero-order valence-electron chi connectivity index (χ0n) is 20.3. The minimum absolute atomic E-state index is 0.0498. The van der Waals surface area contributed by atoms with Crippen LogP contribution >= 0.6 is 11.3 Å². The lowest BCUT2D eigenvalue weighted by Crippen LogP contribution is -2.59. The molecule has 3 rings (SSSR count). The van der Waals surface area contributed by atoms with Gasteiger partial charge in [0.15, 0.2) is 6.29 Å². The molecule has 0 saturated heterocycles. The number of nitrogens with zero attached hydrogens (tertiary/aromatic N) is 3. The van der Waals surface area contributed by atoms with E-state index in [-0.39, 0.29) is 13.1 Å². The molecular weight excluding hydrogens is 511 g/mol. The number of carbonyl (C=O) groups excluding carboxylic acids is 2. The number of halogens is 3. The minimum Gasteiger partial charge on any atom is -0.354 e. The molecular formula is C24H26F3N5O4S. The Bertz CT molecular complexity index is 1160. The van der Waals surface area contributed by atoms with Gasteiger partial charge in [-0.2, -0.15) is 13.2 Å². The van der Waals surface area contributed by atoms with Gasteiger partial charge in [-0.3, -0.25) is 14.8 Å². The molecule has 2 aromatic heterocycles. The van der Waals surface area contributed by atoms with Crippen LogP contribution in [0.15, 0.2) is 60.5 Å².